The van der Waals surface area contributed by atoms with Crippen LogP contribution in [0.1, 0.15) is 33.6 Å². The van der Waals surface area contributed by atoms with E-state index in [-0.39, 0.29) is 12.1 Å². The van der Waals surface area contributed by atoms with Gasteiger partial charge < -0.3 is 15.3 Å². The molecule has 2 N–H and O–H groups in total. The average Bonchev–Trinajstić information content (AvgIpc) is 2.91. The van der Waals surface area contributed by atoms with E-state index in [0.717, 1.165) is 31.3 Å². The van der Waals surface area contributed by atoms with Gasteiger partial charge in [-0.2, -0.15) is 0 Å². The lowest BCUT2D eigenvalue weighted by Crippen LogP contribution is -2.53. The summed E-state index contributed by atoms with van der Waals surface area (Å²) in [5.74, 6) is 1.80. The van der Waals surface area contributed by atoms with Crippen molar-refractivity contribution >= 4 is 0 Å². The maximum atomic E-state index is 9.47. The lowest BCUT2D eigenvalue weighted by Gasteiger charge is -2.33. The van der Waals surface area contributed by atoms with E-state index in [4.69, 9.17) is 0 Å². The van der Waals surface area contributed by atoms with Crippen molar-refractivity contribution in [2.45, 2.75) is 39.2 Å². The van der Waals surface area contributed by atoms with Crippen LogP contribution < -0.4 is 5.32 Å². The van der Waals surface area contributed by atoms with Crippen LogP contribution in [0.2, 0.25) is 0 Å². The van der Waals surface area contributed by atoms with Gasteiger partial charge in [0.05, 0.1) is 12.1 Å². The van der Waals surface area contributed by atoms with Crippen LogP contribution in [0.3, 0.4) is 0 Å². The molecule has 0 aliphatic heterocycles. The number of aliphatic hydroxyl groups is 1. The molecular weight excluding hydrogens is 200 g/mol. The van der Waals surface area contributed by atoms with Gasteiger partial charge in [-0.25, -0.2) is 0 Å². The number of hydrogen-bond acceptors (Lipinski definition) is 3. The van der Waals surface area contributed by atoms with Gasteiger partial charge in [-0.05, 0) is 45.2 Å². The van der Waals surface area contributed by atoms with Crippen LogP contribution in [-0.2, 0) is 0 Å². The summed E-state index contributed by atoms with van der Waals surface area (Å²) in [6.07, 6.45) is 2.49. The summed E-state index contributed by atoms with van der Waals surface area (Å²) in [6, 6.07) is 0. The smallest absolute Gasteiger partial charge is 0.0623 e. The first kappa shape index (κ1) is 13.9. The number of rotatable bonds is 8. The van der Waals surface area contributed by atoms with Gasteiger partial charge in [-0.15, -0.1) is 0 Å². The molecule has 0 heterocycles. The fourth-order valence-electron chi connectivity index (χ4n) is 2.30. The third-order valence-corrected chi connectivity index (χ3v) is 3.59. The fourth-order valence-corrected chi connectivity index (χ4v) is 2.30. The zero-order valence-electron chi connectivity index (χ0n) is 11.3. The number of nitrogens with zero attached hydrogens (tertiary/aromatic N) is 1. The molecule has 1 aliphatic carbocycles. The molecule has 0 radical (unpaired) electrons. The first-order chi connectivity index (χ1) is 7.50. The Morgan fingerprint density at radius 3 is 2.56 bits per heavy atom. The molecule has 0 saturated heterocycles. The van der Waals surface area contributed by atoms with Gasteiger partial charge in [0, 0.05) is 13.1 Å². The van der Waals surface area contributed by atoms with Gasteiger partial charge in [-0.3, -0.25) is 0 Å². The second-order valence-electron chi connectivity index (χ2n) is 5.82. The van der Waals surface area contributed by atoms with Crippen molar-refractivity contribution < 1.29 is 5.11 Å². The first-order valence-corrected chi connectivity index (χ1v) is 6.55. The van der Waals surface area contributed by atoms with Gasteiger partial charge in [-0.1, -0.05) is 13.8 Å². The Labute approximate surface area is 100 Å². The van der Waals surface area contributed by atoms with E-state index in [9.17, 15) is 5.11 Å². The van der Waals surface area contributed by atoms with Crippen molar-refractivity contribution in [3.8, 4) is 0 Å². The number of aliphatic hydroxyl groups excluding tert-OH is 1. The van der Waals surface area contributed by atoms with Crippen LogP contribution in [0, 0.1) is 11.8 Å². The lowest BCUT2D eigenvalue weighted by atomic mass is 10.0. The van der Waals surface area contributed by atoms with Crippen molar-refractivity contribution in [1.29, 1.82) is 0 Å². The average molecular weight is 228 g/mol. The predicted octanol–water partition coefficient (Wildman–Crippen LogP) is 1.32. The predicted molar refractivity (Wildman–Crippen MR) is 68.6 cm³/mol. The summed E-state index contributed by atoms with van der Waals surface area (Å²) in [4.78, 5) is 2.35. The fraction of sp³-hybridized carbons (Fsp3) is 1.00. The van der Waals surface area contributed by atoms with E-state index >= 15 is 0 Å². The Bertz CT molecular complexity index is 210. The highest BCUT2D eigenvalue weighted by Crippen LogP contribution is 2.38. The minimum atomic E-state index is -0.150. The second kappa shape index (κ2) is 5.99. The summed E-state index contributed by atoms with van der Waals surface area (Å²) < 4.78 is 0. The number of nitrogens with one attached hydrogen (secondary N) is 1. The number of likely N-dealkylation sites (N-methyl/N-ethyl adjacent to an activating group) is 1. The Kier molecular flexibility index (Phi) is 5.22. The van der Waals surface area contributed by atoms with Crippen LogP contribution in [0.15, 0.2) is 0 Å². The zero-order chi connectivity index (χ0) is 12.2. The molecule has 0 aromatic carbocycles. The molecule has 0 amide bonds. The summed E-state index contributed by atoms with van der Waals surface area (Å²) >= 11 is 0. The Morgan fingerprint density at radius 2 is 2.12 bits per heavy atom. The van der Waals surface area contributed by atoms with Crippen LogP contribution in [0.5, 0.6) is 0 Å². The second-order valence-corrected chi connectivity index (χ2v) is 5.82. The largest absolute Gasteiger partial charge is 0.394 e. The minimum Gasteiger partial charge on any atom is -0.394 e. The van der Waals surface area contributed by atoms with E-state index < -0.39 is 0 Å². The molecule has 0 aromatic heterocycles. The summed E-state index contributed by atoms with van der Waals surface area (Å²) in [5.41, 5.74) is -0.150. The van der Waals surface area contributed by atoms with Crippen molar-refractivity contribution in [2.24, 2.45) is 11.8 Å². The Morgan fingerprint density at radius 1 is 1.50 bits per heavy atom. The van der Waals surface area contributed by atoms with E-state index in [0.29, 0.717) is 0 Å². The zero-order valence-corrected chi connectivity index (χ0v) is 11.3. The third kappa shape index (κ3) is 4.40. The SMILES string of the molecule is CCCNC(C)(CO)CN(C)CC1CC1C. The number of hydrogen-bond donors (Lipinski definition) is 2. The third-order valence-electron chi connectivity index (χ3n) is 3.59. The summed E-state index contributed by atoms with van der Waals surface area (Å²) in [5, 5.41) is 12.9. The Hall–Kier alpha value is -0.120. The molecule has 3 atom stereocenters. The highest BCUT2D eigenvalue weighted by atomic mass is 16.3. The molecule has 16 heavy (non-hydrogen) atoms. The Balaban J connectivity index is 2.29. The molecule has 0 bridgehead atoms. The highest BCUT2D eigenvalue weighted by molar-refractivity contribution is 4.89. The van der Waals surface area contributed by atoms with Gasteiger partial charge in [0.2, 0.25) is 0 Å². The van der Waals surface area contributed by atoms with Gasteiger partial charge in [0.25, 0.3) is 0 Å². The topological polar surface area (TPSA) is 35.5 Å². The maximum absolute atomic E-state index is 9.47. The molecular formula is C13H28N2O. The molecule has 0 spiro atoms. The first-order valence-electron chi connectivity index (χ1n) is 6.55. The highest BCUT2D eigenvalue weighted by Gasteiger charge is 2.34. The molecule has 1 saturated carbocycles. The molecule has 0 aromatic rings. The standard InChI is InChI=1S/C13H28N2O/c1-5-6-14-13(3,10-16)9-15(4)8-12-7-11(12)2/h11-12,14,16H,5-10H2,1-4H3. The van der Waals surface area contributed by atoms with Crippen molar-refractivity contribution in [3.63, 3.8) is 0 Å². The van der Waals surface area contributed by atoms with Crippen molar-refractivity contribution in [1.82, 2.24) is 10.2 Å². The van der Waals surface area contributed by atoms with Crippen LogP contribution >= 0.6 is 0 Å². The van der Waals surface area contributed by atoms with Crippen LogP contribution in [0.4, 0.5) is 0 Å². The molecule has 1 fully saturated rings. The molecule has 3 heteroatoms. The minimum absolute atomic E-state index is 0.150. The quantitative estimate of drug-likeness (QED) is 0.658. The molecule has 96 valence electrons. The normalized spacial score (nSPS) is 28.1. The van der Waals surface area contributed by atoms with Crippen LogP contribution in [-0.4, -0.2) is 48.8 Å². The van der Waals surface area contributed by atoms with Crippen LogP contribution in [0.25, 0.3) is 0 Å². The lowest BCUT2D eigenvalue weighted by molar-refractivity contribution is 0.130. The van der Waals surface area contributed by atoms with E-state index in [1.165, 1.54) is 13.0 Å². The van der Waals surface area contributed by atoms with Gasteiger partial charge >= 0.3 is 0 Å². The monoisotopic (exact) mass is 228 g/mol. The van der Waals surface area contributed by atoms with E-state index in [1.54, 1.807) is 0 Å². The summed E-state index contributed by atoms with van der Waals surface area (Å²) in [6.45, 7) is 9.86. The molecule has 3 nitrogen and oxygen atoms in total. The molecule has 1 aliphatic rings. The van der Waals surface area contributed by atoms with E-state index in [1.807, 2.05) is 0 Å². The van der Waals surface area contributed by atoms with Crippen molar-refractivity contribution in [3.05, 3.63) is 0 Å². The van der Waals surface area contributed by atoms with Gasteiger partial charge in [0.1, 0.15) is 0 Å². The maximum Gasteiger partial charge on any atom is 0.0623 e. The van der Waals surface area contributed by atoms with Crippen molar-refractivity contribution in [2.75, 3.05) is 33.3 Å². The van der Waals surface area contributed by atoms with E-state index in [2.05, 4.69) is 38.0 Å². The summed E-state index contributed by atoms with van der Waals surface area (Å²) in [7, 11) is 2.16. The molecule has 1 rings (SSSR count). The molecule has 3 unspecified atom stereocenters. The van der Waals surface area contributed by atoms with Gasteiger partial charge in [0.15, 0.2) is 0 Å².